The summed E-state index contributed by atoms with van der Waals surface area (Å²) in [7, 11) is 0. The Morgan fingerprint density at radius 2 is 2.06 bits per heavy atom. The maximum atomic E-state index is 12.3. The van der Waals surface area contributed by atoms with Crippen molar-refractivity contribution in [1.29, 1.82) is 0 Å². The number of piperidine rings is 1. The van der Waals surface area contributed by atoms with Crippen molar-refractivity contribution in [3.05, 3.63) is 0 Å². The Kier molecular flexibility index (Phi) is 5.94. The van der Waals surface area contributed by atoms with E-state index < -0.39 is 0 Å². The molecule has 94 valence electrons. The van der Waals surface area contributed by atoms with E-state index in [0.717, 1.165) is 44.0 Å². The van der Waals surface area contributed by atoms with E-state index in [4.69, 9.17) is 0 Å². The summed E-state index contributed by atoms with van der Waals surface area (Å²) in [6.45, 7) is 5.14. The molecule has 1 unspecified atom stereocenters. The SMILES string of the molecule is CC1CSCCN1C(=O)C1CCNCC1.Cl. The van der Waals surface area contributed by atoms with Gasteiger partial charge < -0.3 is 10.2 Å². The van der Waals surface area contributed by atoms with Gasteiger partial charge in [-0.25, -0.2) is 0 Å². The van der Waals surface area contributed by atoms with E-state index in [-0.39, 0.29) is 18.3 Å². The molecule has 0 aromatic rings. The third-order valence-electron chi connectivity index (χ3n) is 3.34. The van der Waals surface area contributed by atoms with E-state index in [1.807, 2.05) is 11.8 Å². The Balaban J connectivity index is 0.00000128. The quantitative estimate of drug-likeness (QED) is 0.777. The maximum absolute atomic E-state index is 12.3. The molecule has 0 aromatic heterocycles. The summed E-state index contributed by atoms with van der Waals surface area (Å²) in [5.74, 6) is 2.92. The summed E-state index contributed by atoms with van der Waals surface area (Å²) >= 11 is 1.96. The Labute approximate surface area is 108 Å². The number of nitrogens with zero attached hydrogens (tertiary/aromatic N) is 1. The summed E-state index contributed by atoms with van der Waals surface area (Å²) in [5, 5.41) is 3.31. The molecule has 1 N–H and O–H groups in total. The molecule has 2 fully saturated rings. The van der Waals surface area contributed by atoms with Gasteiger partial charge in [0, 0.05) is 30.0 Å². The lowest BCUT2D eigenvalue weighted by molar-refractivity contribution is -0.137. The molecule has 3 nitrogen and oxygen atoms in total. The predicted molar refractivity (Wildman–Crippen MR) is 71.3 cm³/mol. The van der Waals surface area contributed by atoms with Crippen LogP contribution in [-0.2, 0) is 4.79 Å². The summed E-state index contributed by atoms with van der Waals surface area (Å²) in [4.78, 5) is 14.4. The molecule has 1 amide bonds. The summed E-state index contributed by atoms with van der Waals surface area (Å²) in [6, 6.07) is 0.436. The second-order valence-corrected chi connectivity index (χ2v) is 5.63. The van der Waals surface area contributed by atoms with Crippen LogP contribution in [0.4, 0.5) is 0 Å². The van der Waals surface area contributed by atoms with Crippen LogP contribution in [-0.4, -0.2) is 48.0 Å². The molecule has 0 radical (unpaired) electrons. The Hall–Kier alpha value is 0.0700. The van der Waals surface area contributed by atoms with Crippen molar-refractivity contribution in [2.45, 2.75) is 25.8 Å². The van der Waals surface area contributed by atoms with Gasteiger partial charge in [0.2, 0.25) is 5.91 Å². The number of hydrogen-bond donors (Lipinski definition) is 1. The first-order valence-electron chi connectivity index (χ1n) is 5.88. The highest BCUT2D eigenvalue weighted by molar-refractivity contribution is 7.99. The normalized spacial score (nSPS) is 27.3. The van der Waals surface area contributed by atoms with Gasteiger partial charge in [-0.15, -0.1) is 12.4 Å². The van der Waals surface area contributed by atoms with Gasteiger partial charge in [-0.1, -0.05) is 0 Å². The molecule has 0 aromatic carbocycles. The molecular weight excluding hydrogens is 244 g/mol. The summed E-state index contributed by atoms with van der Waals surface area (Å²) in [5.41, 5.74) is 0. The van der Waals surface area contributed by atoms with Gasteiger partial charge >= 0.3 is 0 Å². The lowest BCUT2D eigenvalue weighted by Gasteiger charge is -2.36. The Bertz CT molecular complexity index is 234. The van der Waals surface area contributed by atoms with Crippen LogP contribution in [0.3, 0.4) is 0 Å². The Morgan fingerprint density at radius 1 is 1.38 bits per heavy atom. The van der Waals surface area contributed by atoms with Gasteiger partial charge in [0.25, 0.3) is 0 Å². The van der Waals surface area contributed by atoms with Crippen LogP contribution in [0.1, 0.15) is 19.8 Å². The van der Waals surface area contributed by atoms with E-state index in [1.54, 1.807) is 0 Å². The zero-order valence-corrected chi connectivity index (χ0v) is 11.4. The van der Waals surface area contributed by atoms with Gasteiger partial charge in [-0.05, 0) is 32.9 Å². The standard InChI is InChI=1S/C11H20N2OS.ClH/c1-9-8-15-7-6-13(9)11(14)10-2-4-12-5-3-10;/h9-10,12H,2-8H2,1H3;1H. The fraction of sp³-hybridized carbons (Fsp3) is 0.909. The number of hydrogen-bond acceptors (Lipinski definition) is 3. The molecule has 2 aliphatic heterocycles. The minimum absolute atomic E-state index is 0. The van der Waals surface area contributed by atoms with E-state index in [0.29, 0.717) is 11.9 Å². The first kappa shape index (κ1) is 14.1. The van der Waals surface area contributed by atoms with Crippen LogP contribution < -0.4 is 5.32 Å². The summed E-state index contributed by atoms with van der Waals surface area (Å²) < 4.78 is 0. The molecule has 0 spiro atoms. The minimum atomic E-state index is 0. The van der Waals surface area contributed by atoms with Crippen LogP contribution in [0.25, 0.3) is 0 Å². The topological polar surface area (TPSA) is 32.3 Å². The monoisotopic (exact) mass is 264 g/mol. The first-order valence-corrected chi connectivity index (χ1v) is 7.03. The van der Waals surface area contributed by atoms with Crippen molar-refractivity contribution < 1.29 is 4.79 Å². The van der Waals surface area contributed by atoms with Crippen molar-refractivity contribution in [3.8, 4) is 0 Å². The highest BCUT2D eigenvalue weighted by Crippen LogP contribution is 2.21. The molecule has 0 bridgehead atoms. The number of nitrogens with one attached hydrogen (secondary N) is 1. The smallest absolute Gasteiger partial charge is 0.226 e. The number of carbonyl (C=O) groups excluding carboxylic acids is 1. The maximum Gasteiger partial charge on any atom is 0.226 e. The highest BCUT2D eigenvalue weighted by atomic mass is 35.5. The average molecular weight is 265 g/mol. The molecule has 16 heavy (non-hydrogen) atoms. The predicted octanol–water partition coefficient (Wildman–Crippen LogP) is 1.37. The Morgan fingerprint density at radius 3 is 2.69 bits per heavy atom. The third kappa shape index (κ3) is 3.28. The molecule has 5 heteroatoms. The fourth-order valence-electron chi connectivity index (χ4n) is 2.36. The molecule has 1 atom stereocenters. The van der Waals surface area contributed by atoms with Gasteiger partial charge in [-0.3, -0.25) is 4.79 Å². The van der Waals surface area contributed by atoms with Crippen LogP contribution in [0.15, 0.2) is 0 Å². The van der Waals surface area contributed by atoms with Gasteiger partial charge in [0.05, 0.1) is 0 Å². The van der Waals surface area contributed by atoms with Crippen molar-refractivity contribution in [2.75, 3.05) is 31.1 Å². The third-order valence-corrected chi connectivity index (χ3v) is 4.53. The lowest BCUT2D eigenvalue weighted by atomic mass is 9.96. The van der Waals surface area contributed by atoms with Crippen LogP contribution in [0, 0.1) is 5.92 Å². The molecule has 0 aliphatic carbocycles. The number of rotatable bonds is 1. The second-order valence-electron chi connectivity index (χ2n) is 4.48. The molecule has 2 heterocycles. The zero-order valence-electron chi connectivity index (χ0n) is 9.78. The molecule has 2 rings (SSSR count). The van der Waals surface area contributed by atoms with Crippen molar-refractivity contribution in [3.63, 3.8) is 0 Å². The number of carbonyl (C=O) groups is 1. The van der Waals surface area contributed by atoms with Crippen LogP contribution in [0.5, 0.6) is 0 Å². The van der Waals surface area contributed by atoms with Gasteiger partial charge in [0.15, 0.2) is 0 Å². The molecular formula is C11H21ClN2OS. The summed E-state index contributed by atoms with van der Waals surface area (Å²) in [6.07, 6.45) is 2.05. The van der Waals surface area contributed by atoms with Gasteiger partial charge in [-0.2, -0.15) is 11.8 Å². The molecule has 0 saturated carbocycles. The van der Waals surface area contributed by atoms with Crippen LogP contribution in [0.2, 0.25) is 0 Å². The molecule has 2 aliphatic rings. The van der Waals surface area contributed by atoms with E-state index in [2.05, 4.69) is 17.1 Å². The van der Waals surface area contributed by atoms with Crippen molar-refractivity contribution >= 4 is 30.1 Å². The van der Waals surface area contributed by atoms with E-state index >= 15 is 0 Å². The second kappa shape index (κ2) is 6.72. The number of halogens is 1. The van der Waals surface area contributed by atoms with Gasteiger partial charge in [0.1, 0.15) is 0 Å². The number of amides is 1. The van der Waals surface area contributed by atoms with Crippen LogP contribution >= 0.6 is 24.2 Å². The van der Waals surface area contributed by atoms with E-state index in [1.165, 1.54) is 0 Å². The first-order chi connectivity index (χ1) is 7.29. The number of thioether (sulfide) groups is 1. The molecule has 2 saturated heterocycles. The largest absolute Gasteiger partial charge is 0.338 e. The van der Waals surface area contributed by atoms with Crippen molar-refractivity contribution in [2.24, 2.45) is 5.92 Å². The fourth-order valence-corrected chi connectivity index (χ4v) is 3.37. The average Bonchev–Trinajstić information content (AvgIpc) is 2.30. The van der Waals surface area contributed by atoms with Crippen molar-refractivity contribution in [1.82, 2.24) is 10.2 Å². The zero-order chi connectivity index (χ0) is 10.7. The minimum Gasteiger partial charge on any atom is -0.338 e. The van der Waals surface area contributed by atoms with E-state index in [9.17, 15) is 4.79 Å². The highest BCUT2D eigenvalue weighted by Gasteiger charge is 2.30. The lowest BCUT2D eigenvalue weighted by Crippen LogP contribution is -2.48.